The number of hydrogen-bond acceptors (Lipinski definition) is 4. The molecule has 1 aromatic carbocycles. The van der Waals surface area contributed by atoms with Gasteiger partial charge in [-0.25, -0.2) is 15.4 Å². The molecule has 0 saturated heterocycles. The van der Waals surface area contributed by atoms with Crippen molar-refractivity contribution >= 4 is 15.9 Å². The monoisotopic (exact) mass is 346 g/mol. The zero-order chi connectivity index (χ0) is 14.8. The highest BCUT2D eigenvalue weighted by atomic mass is 79.9. The van der Waals surface area contributed by atoms with Crippen LogP contribution in [0.15, 0.2) is 41.4 Å². The van der Waals surface area contributed by atoms with Crippen LogP contribution in [0.2, 0.25) is 0 Å². The number of nitrogens with two attached hydrogens (primary N) is 1. The number of halogens is 4. The third-order valence-electron chi connectivity index (χ3n) is 2.71. The molecule has 0 fully saturated rings. The molecule has 4 nitrogen and oxygen atoms in total. The van der Waals surface area contributed by atoms with E-state index in [0.29, 0.717) is 11.1 Å². The zero-order valence-electron chi connectivity index (χ0n) is 10.0. The first-order valence-corrected chi connectivity index (χ1v) is 6.30. The van der Waals surface area contributed by atoms with Crippen molar-refractivity contribution in [1.29, 1.82) is 0 Å². The summed E-state index contributed by atoms with van der Waals surface area (Å²) in [7, 11) is 0. The summed E-state index contributed by atoms with van der Waals surface area (Å²) in [6, 6.07) is 3.32. The molecular formula is C12H10BrF3N4. The molecule has 3 N–H and O–H groups in total. The van der Waals surface area contributed by atoms with Crippen LogP contribution in [0.4, 0.5) is 13.2 Å². The first-order valence-electron chi connectivity index (χ1n) is 5.51. The van der Waals surface area contributed by atoms with Gasteiger partial charge in [-0.05, 0) is 17.7 Å². The normalized spacial score (nSPS) is 13.2. The average molecular weight is 347 g/mol. The van der Waals surface area contributed by atoms with Crippen LogP contribution in [0, 0.1) is 0 Å². The molecule has 1 unspecified atom stereocenters. The fraction of sp³-hybridized carbons (Fsp3) is 0.167. The Balaban J connectivity index is 2.46. The Morgan fingerprint density at radius 3 is 2.35 bits per heavy atom. The molecule has 106 valence electrons. The SMILES string of the molecule is NNC(c1cncnc1)c1ccc(Br)c(C(F)(F)F)c1. The minimum Gasteiger partial charge on any atom is -0.271 e. The first kappa shape index (κ1) is 14.9. The van der Waals surface area contributed by atoms with Crippen molar-refractivity contribution in [1.82, 2.24) is 15.4 Å². The van der Waals surface area contributed by atoms with Gasteiger partial charge >= 0.3 is 6.18 Å². The summed E-state index contributed by atoms with van der Waals surface area (Å²) in [5.41, 5.74) is 2.66. The molecule has 2 aromatic rings. The number of alkyl halides is 3. The molecule has 2 rings (SSSR count). The van der Waals surface area contributed by atoms with Crippen molar-refractivity contribution in [3.63, 3.8) is 0 Å². The van der Waals surface area contributed by atoms with E-state index in [9.17, 15) is 13.2 Å². The highest BCUT2D eigenvalue weighted by molar-refractivity contribution is 9.10. The molecule has 1 heterocycles. The van der Waals surface area contributed by atoms with E-state index in [4.69, 9.17) is 5.84 Å². The van der Waals surface area contributed by atoms with Crippen molar-refractivity contribution in [2.45, 2.75) is 12.2 Å². The van der Waals surface area contributed by atoms with Crippen LogP contribution in [0.3, 0.4) is 0 Å². The standard InChI is InChI=1S/C12H10BrF3N4/c13-10-2-1-7(3-9(10)12(14,15)16)11(20-17)8-4-18-6-19-5-8/h1-6,11,20H,17H2. The third-order valence-corrected chi connectivity index (χ3v) is 3.40. The second-order valence-corrected chi connectivity index (χ2v) is 4.86. The number of rotatable bonds is 3. The minimum atomic E-state index is -4.44. The predicted molar refractivity (Wildman–Crippen MR) is 70.3 cm³/mol. The van der Waals surface area contributed by atoms with Crippen LogP contribution in [-0.2, 0) is 6.18 Å². The lowest BCUT2D eigenvalue weighted by atomic mass is 9.99. The smallest absolute Gasteiger partial charge is 0.271 e. The molecule has 0 amide bonds. The summed E-state index contributed by atoms with van der Waals surface area (Å²) >= 11 is 2.90. The molecular weight excluding hydrogens is 337 g/mol. The van der Waals surface area contributed by atoms with Gasteiger partial charge in [-0.15, -0.1) is 0 Å². The molecule has 8 heteroatoms. The number of benzene rings is 1. The second kappa shape index (κ2) is 5.86. The van der Waals surface area contributed by atoms with Gasteiger partial charge < -0.3 is 0 Å². The van der Waals surface area contributed by atoms with Crippen LogP contribution in [0.5, 0.6) is 0 Å². The van der Waals surface area contributed by atoms with E-state index in [-0.39, 0.29) is 4.47 Å². The van der Waals surface area contributed by atoms with Gasteiger partial charge in [0.15, 0.2) is 0 Å². The predicted octanol–water partition coefficient (Wildman–Crippen LogP) is 2.81. The molecule has 0 aliphatic carbocycles. The van der Waals surface area contributed by atoms with Gasteiger partial charge in [0.25, 0.3) is 0 Å². The third kappa shape index (κ3) is 3.14. The maximum Gasteiger partial charge on any atom is 0.417 e. The lowest BCUT2D eigenvalue weighted by Gasteiger charge is -2.18. The topological polar surface area (TPSA) is 63.8 Å². The fourth-order valence-electron chi connectivity index (χ4n) is 1.78. The number of nitrogens with one attached hydrogen (secondary N) is 1. The molecule has 20 heavy (non-hydrogen) atoms. The summed E-state index contributed by atoms with van der Waals surface area (Å²) in [5, 5.41) is 0. The number of hydrogen-bond donors (Lipinski definition) is 2. The van der Waals surface area contributed by atoms with Gasteiger partial charge in [0.1, 0.15) is 6.33 Å². The van der Waals surface area contributed by atoms with Crippen LogP contribution < -0.4 is 11.3 Å². The van der Waals surface area contributed by atoms with Gasteiger partial charge in [-0.2, -0.15) is 13.2 Å². The Bertz CT molecular complexity index is 589. The van der Waals surface area contributed by atoms with Crippen molar-refractivity contribution in [2.75, 3.05) is 0 Å². The lowest BCUT2D eigenvalue weighted by molar-refractivity contribution is -0.138. The Kier molecular flexibility index (Phi) is 4.36. The summed E-state index contributed by atoms with van der Waals surface area (Å²) in [6.45, 7) is 0. The number of nitrogens with zero attached hydrogens (tertiary/aromatic N) is 2. The van der Waals surface area contributed by atoms with Crippen LogP contribution in [-0.4, -0.2) is 9.97 Å². The van der Waals surface area contributed by atoms with Crippen LogP contribution in [0.25, 0.3) is 0 Å². The van der Waals surface area contributed by atoms with E-state index in [1.54, 1.807) is 6.07 Å². The Morgan fingerprint density at radius 2 is 1.80 bits per heavy atom. The van der Waals surface area contributed by atoms with E-state index >= 15 is 0 Å². The molecule has 0 radical (unpaired) electrons. The maximum atomic E-state index is 12.9. The second-order valence-electron chi connectivity index (χ2n) is 4.01. The van der Waals surface area contributed by atoms with E-state index in [0.717, 1.165) is 6.07 Å². The molecule has 1 aromatic heterocycles. The van der Waals surface area contributed by atoms with Crippen LogP contribution >= 0.6 is 15.9 Å². The fourth-order valence-corrected chi connectivity index (χ4v) is 2.26. The van der Waals surface area contributed by atoms with E-state index < -0.39 is 17.8 Å². The van der Waals surface area contributed by atoms with Gasteiger partial charge in [0, 0.05) is 22.4 Å². The van der Waals surface area contributed by atoms with Crippen molar-refractivity contribution in [3.05, 3.63) is 58.1 Å². The molecule has 0 aliphatic heterocycles. The van der Waals surface area contributed by atoms with Crippen molar-refractivity contribution < 1.29 is 13.2 Å². The summed E-state index contributed by atoms with van der Waals surface area (Å²) in [6.07, 6.45) is -0.124. The molecule has 0 saturated carbocycles. The van der Waals surface area contributed by atoms with Gasteiger partial charge in [-0.1, -0.05) is 22.0 Å². The summed E-state index contributed by atoms with van der Waals surface area (Å²) in [4.78, 5) is 7.66. The quantitative estimate of drug-likeness (QED) is 0.662. The maximum absolute atomic E-state index is 12.9. The van der Waals surface area contributed by atoms with E-state index in [1.165, 1.54) is 24.8 Å². The summed E-state index contributed by atoms with van der Waals surface area (Å²) < 4.78 is 38.7. The number of aromatic nitrogens is 2. The Hall–Kier alpha value is -1.51. The Labute approximate surface area is 121 Å². The molecule has 0 bridgehead atoms. The average Bonchev–Trinajstić information content (AvgIpc) is 2.41. The van der Waals surface area contributed by atoms with Gasteiger partial charge in [-0.3, -0.25) is 5.84 Å². The first-order chi connectivity index (χ1) is 9.43. The van der Waals surface area contributed by atoms with Crippen molar-refractivity contribution in [2.24, 2.45) is 5.84 Å². The lowest BCUT2D eigenvalue weighted by Crippen LogP contribution is -2.29. The largest absolute Gasteiger partial charge is 0.417 e. The van der Waals surface area contributed by atoms with E-state index in [2.05, 4.69) is 31.3 Å². The highest BCUT2D eigenvalue weighted by Gasteiger charge is 2.33. The molecule has 1 atom stereocenters. The van der Waals surface area contributed by atoms with Gasteiger partial charge in [0.2, 0.25) is 0 Å². The zero-order valence-corrected chi connectivity index (χ0v) is 11.6. The van der Waals surface area contributed by atoms with Crippen molar-refractivity contribution in [3.8, 4) is 0 Å². The molecule has 0 aliphatic rings. The van der Waals surface area contributed by atoms with E-state index in [1.807, 2.05) is 0 Å². The minimum absolute atomic E-state index is 0.0196. The highest BCUT2D eigenvalue weighted by Crippen LogP contribution is 2.36. The Morgan fingerprint density at radius 1 is 1.15 bits per heavy atom. The van der Waals surface area contributed by atoms with Crippen LogP contribution in [0.1, 0.15) is 22.7 Å². The number of hydrazine groups is 1. The molecule has 0 spiro atoms. The van der Waals surface area contributed by atoms with Gasteiger partial charge in [0.05, 0.1) is 11.6 Å². The summed E-state index contributed by atoms with van der Waals surface area (Å²) in [5.74, 6) is 5.44.